The molecule has 0 aliphatic carbocycles. The smallest absolute Gasteiger partial charge is 0.273 e. The van der Waals surface area contributed by atoms with Crippen LogP contribution in [0.4, 0.5) is 8.78 Å². The molecule has 0 spiro atoms. The Balaban J connectivity index is 1.62. The number of H-pyrrole nitrogens is 1. The van der Waals surface area contributed by atoms with Crippen LogP contribution in [0.5, 0.6) is 0 Å². The second-order valence-corrected chi connectivity index (χ2v) is 8.08. The van der Waals surface area contributed by atoms with Crippen LogP contribution in [0, 0.1) is 0 Å². The summed E-state index contributed by atoms with van der Waals surface area (Å²) in [5, 5.41) is 8.80. The van der Waals surface area contributed by atoms with Crippen molar-refractivity contribution in [1.82, 2.24) is 34.3 Å². The number of alkyl halides is 2. The van der Waals surface area contributed by atoms with E-state index < -0.39 is 18.4 Å². The van der Waals surface area contributed by atoms with Gasteiger partial charge in [-0.2, -0.15) is 10.2 Å². The van der Waals surface area contributed by atoms with Gasteiger partial charge in [0.2, 0.25) is 0 Å². The Morgan fingerprint density at radius 1 is 1.19 bits per heavy atom. The third kappa shape index (κ3) is 3.17. The van der Waals surface area contributed by atoms with Crippen LogP contribution < -0.4 is 0 Å². The van der Waals surface area contributed by atoms with Gasteiger partial charge in [0.25, 0.3) is 5.91 Å². The zero-order valence-corrected chi connectivity index (χ0v) is 18.0. The lowest BCUT2D eigenvalue weighted by molar-refractivity contribution is 0.0675. The van der Waals surface area contributed by atoms with Gasteiger partial charge in [0.15, 0.2) is 0 Å². The van der Waals surface area contributed by atoms with Crippen LogP contribution in [-0.4, -0.2) is 46.7 Å². The van der Waals surface area contributed by atoms with Gasteiger partial charge in [0, 0.05) is 25.7 Å². The fourth-order valence-electron chi connectivity index (χ4n) is 4.32. The molecule has 8 nitrogen and oxygen atoms in total. The van der Waals surface area contributed by atoms with Crippen molar-refractivity contribution in [3.05, 3.63) is 70.8 Å². The SMILES string of the molecule is CC(F)c1cc(C(=O)N2CCc3[nH]cnc3[C@H]2c2cc3cccc(C(C)F)n3n2)n(C)n1. The summed E-state index contributed by atoms with van der Waals surface area (Å²) in [5.74, 6) is -0.290. The minimum Gasteiger partial charge on any atom is -0.348 e. The van der Waals surface area contributed by atoms with Crippen LogP contribution in [0.1, 0.15) is 71.2 Å². The highest BCUT2D eigenvalue weighted by Gasteiger charge is 2.37. The van der Waals surface area contributed by atoms with Crippen molar-refractivity contribution in [1.29, 1.82) is 0 Å². The Labute approximate surface area is 182 Å². The van der Waals surface area contributed by atoms with Gasteiger partial charge in [0.05, 0.1) is 34.6 Å². The van der Waals surface area contributed by atoms with E-state index in [4.69, 9.17) is 0 Å². The number of aromatic nitrogens is 6. The summed E-state index contributed by atoms with van der Waals surface area (Å²) in [6.45, 7) is 3.27. The van der Waals surface area contributed by atoms with Gasteiger partial charge in [-0.15, -0.1) is 0 Å². The van der Waals surface area contributed by atoms with Crippen LogP contribution in [0.15, 0.2) is 36.7 Å². The average molecular weight is 439 g/mol. The zero-order chi connectivity index (χ0) is 22.6. The average Bonchev–Trinajstić information content (AvgIpc) is 3.49. The number of pyridine rings is 1. The first-order chi connectivity index (χ1) is 15.3. The first-order valence-electron chi connectivity index (χ1n) is 10.5. The van der Waals surface area contributed by atoms with E-state index in [9.17, 15) is 13.6 Å². The van der Waals surface area contributed by atoms with Gasteiger partial charge < -0.3 is 9.88 Å². The second-order valence-electron chi connectivity index (χ2n) is 8.08. The second kappa shape index (κ2) is 7.54. The zero-order valence-electron chi connectivity index (χ0n) is 18.0. The summed E-state index contributed by atoms with van der Waals surface area (Å²) in [7, 11) is 1.62. The molecular weight excluding hydrogens is 416 g/mol. The molecule has 4 aromatic rings. The molecule has 10 heteroatoms. The van der Waals surface area contributed by atoms with Gasteiger partial charge in [-0.05, 0) is 38.1 Å². The third-order valence-electron chi connectivity index (χ3n) is 5.93. The predicted octanol–water partition coefficient (Wildman–Crippen LogP) is 3.64. The number of aryl methyl sites for hydroxylation is 1. The summed E-state index contributed by atoms with van der Waals surface area (Å²) in [6.07, 6.45) is -0.282. The lowest BCUT2D eigenvalue weighted by Crippen LogP contribution is -2.41. The molecule has 3 atom stereocenters. The van der Waals surface area contributed by atoms with Crippen molar-refractivity contribution in [3.63, 3.8) is 0 Å². The Kier molecular flexibility index (Phi) is 4.79. The van der Waals surface area contributed by atoms with E-state index >= 15 is 0 Å². The molecule has 0 bridgehead atoms. The number of imidazole rings is 1. The van der Waals surface area contributed by atoms with Gasteiger partial charge in [-0.25, -0.2) is 18.3 Å². The minimum absolute atomic E-state index is 0.208. The van der Waals surface area contributed by atoms with E-state index in [1.807, 2.05) is 12.1 Å². The molecule has 1 amide bonds. The van der Waals surface area contributed by atoms with Gasteiger partial charge in [0.1, 0.15) is 24.1 Å². The first-order valence-corrected chi connectivity index (χ1v) is 10.5. The van der Waals surface area contributed by atoms with Gasteiger partial charge >= 0.3 is 0 Å². The molecule has 32 heavy (non-hydrogen) atoms. The number of amides is 1. The third-order valence-corrected chi connectivity index (χ3v) is 5.93. The van der Waals surface area contributed by atoms with Gasteiger partial charge in [-0.3, -0.25) is 9.48 Å². The molecule has 0 saturated heterocycles. The molecule has 1 aliphatic heterocycles. The molecule has 0 radical (unpaired) electrons. The van der Waals surface area contributed by atoms with Crippen molar-refractivity contribution in [3.8, 4) is 0 Å². The van der Waals surface area contributed by atoms with E-state index in [1.165, 1.54) is 24.6 Å². The maximum absolute atomic E-state index is 14.2. The molecule has 2 unspecified atom stereocenters. The summed E-state index contributed by atoms with van der Waals surface area (Å²) in [4.78, 5) is 22.9. The highest BCUT2D eigenvalue weighted by molar-refractivity contribution is 5.93. The van der Waals surface area contributed by atoms with Crippen LogP contribution in [0.3, 0.4) is 0 Å². The Hall–Kier alpha value is -3.56. The maximum atomic E-state index is 14.2. The standard InChI is InChI=1S/C22H23F2N7O/c1-12(23)16-10-19(29(3)27-16)22(32)30-8-7-15-20(26-11-25-15)21(30)17-9-14-5-4-6-18(13(2)24)31(14)28-17/h4-6,9-13,21H,7-8H2,1-3H3,(H,25,26)/t12?,13?,21-/m1/s1. The molecule has 5 rings (SSSR count). The van der Waals surface area contributed by atoms with Crippen LogP contribution in [0.25, 0.3) is 5.52 Å². The van der Waals surface area contributed by atoms with Crippen molar-refractivity contribution in [2.24, 2.45) is 7.05 Å². The molecule has 0 fully saturated rings. The number of rotatable bonds is 4. The van der Waals surface area contributed by atoms with Crippen molar-refractivity contribution in [2.45, 2.75) is 38.7 Å². The molecule has 1 N–H and O–H groups in total. The maximum Gasteiger partial charge on any atom is 0.273 e. The van der Waals surface area contributed by atoms with E-state index in [-0.39, 0.29) is 17.3 Å². The van der Waals surface area contributed by atoms with Crippen molar-refractivity contribution in [2.75, 3.05) is 6.54 Å². The Morgan fingerprint density at radius 3 is 2.72 bits per heavy atom. The number of hydrogen-bond acceptors (Lipinski definition) is 4. The van der Waals surface area contributed by atoms with Crippen molar-refractivity contribution < 1.29 is 13.6 Å². The topological polar surface area (TPSA) is 84.1 Å². The fourth-order valence-corrected chi connectivity index (χ4v) is 4.32. The number of hydrogen-bond donors (Lipinski definition) is 1. The highest BCUT2D eigenvalue weighted by Crippen LogP contribution is 2.35. The van der Waals surface area contributed by atoms with Crippen molar-refractivity contribution >= 4 is 11.4 Å². The van der Waals surface area contributed by atoms with Gasteiger partial charge in [-0.1, -0.05) is 6.07 Å². The predicted molar refractivity (Wildman–Crippen MR) is 113 cm³/mol. The van der Waals surface area contributed by atoms with Crippen LogP contribution >= 0.6 is 0 Å². The summed E-state index contributed by atoms with van der Waals surface area (Å²) in [6, 6.07) is 8.08. The molecule has 166 valence electrons. The normalized spacial score (nSPS) is 18.0. The minimum atomic E-state index is -1.28. The number of nitrogens with one attached hydrogen (secondary N) is 1. The molecule has 5 heterocycles. The number of fused-ring (bicyclic) bond motifs is 2. The summed E-state index contributed by atoms with van der Waals surface area (Å²) in [5.41, 5.74) is 3.86. The monoisotopic (exact) mass is 439 g/mol. The molecule has 4 aromatic heterocycles. The Morgan fingerprint density at radius 2 is 2.00 bits per heavy atom. The molecule has 1 aliphatic rings. The van der Waals surface area contributed by atoms with E-state index in [2.05, 4.69) is 20.2 Å². The number of nitrogens with zero attached hydrogens (tertiary/aromatic N) is 6. The van der Waals surface area contributed by atoms with E-state index in [1.54, 1.807) is 34.9 Å². The lowest BCUT2D eigenvalue weighted by atomic mass is 9.99. The van der Waals surface area contributed by atoms with E-state index in [0.29, 0.717) is 30.0 Å². The summed E-state index contributed by atoms with van der Waals surface area (Å²) < 4.78 is 30.9. The largest absolute Gasteiger partial charge is 0.348 e. The number of halogens is 2. The molecule has 0 aromatic carbocycles. The lowest BCUT2D eigenvalue weighted by Gasteiger charge is -2.33. The Bertz CT molecular complexity index is 1300. The van der Waals surface area contributed by atoms with Crippen LogP contribution in [-0.2, 0) is 13.5 Å². The first kappa shape index (κ1) is 20.3. The quantitative estimate of drug-likeness (QED) is 0.526. The number of carbonyl (C=O) groups excluding carboxylic acids is 1. The fraction of sp³-hybridized carbons (Fsp3) is 0.364. The van der Waals surface area contributed by atoms with E-state index in [0.717, 1.165) is 11.2 Å². The number of aromatic amines is 1. The van der Waals surface area contributed by atoms with Crippen LogP contribution in [0.2, 0.25) is 0 Å². The highest BCUT2D eigenvalue weighted by atomic mass is 19.1. The number of carbonyl (C=O) groups is 1. The summed E-state index contributed by atoms with van der Waals surface area (Å²) >= 11 is 0. The molecule has 0 saturated carbocycles. The molecular formula is C22H23F2N7O.